The molecule has 0 aliphatic rings. The monoisotopic (exact) mass is 455 g/mol. The zero-order chi connectivity index (χ0) is 23.3. The first-order valence-electron chi connectivity index (χ1n) is 10.0. The van der Waals surface area contributed by atoms with Gasteiger partial charge >= 0.3 is 12.0 Å². The number of urea groups is 1. The molecule has 2 aromatic heterocycles. The minimum Gasteiger partial charge on any atom is -0.505 e. The van der Waals surface area contributed by atoms with Gasteiger partial charge in [-0.15, -0.1) is 0 Å². The number of esters is 1. The second-order valence-corrected chi connectivity index (χ2v) is 7.99. The van der Waals surface area contributed by atoms with Crippen molar-refractivity contribution in [1.82, 2.24) is 9.88 Å². The van der Waals surface area contributed by atoms with E-state index in [1.54, 1.807) is 18.3 Å². The second kappa shape index (κ2) is 10.1. The highest BCUT2D eigenvalue weighted by molar-refractivity contribution is 7.08. The molecular weight excluding hydrogens is 430 g/mol. The van der Waals surface area contributed by atoms with Crippen molar-refractivity contribution in [2.75, 3.05) is 11.9 Å². The Labute approximate surface area is 189 Å². The Morgan fingerprint density at radius 2 is 2.03 bits per heavy atom. The molecule has 0 unspecified atom stereocenters. The van der Waals surface area contributed by atoms with E-state index in [2.05, 4.69) is 16.0 Å². The number of pyridine rings is 1. The van der Waals surface area contributed by atoms with Gasteiger partial charge in [0.05, 0.1) is 19.1 Å². The number of nitrogens with one attached hydrogen (secondary N) is 2. The van der Waals surface area contributed by atoms with Crippen LogP contribution in [-0.4, -0.2) is 28.3 Å². The number of carbonyl (C=O) groups excluding carboxylic acids is 2. The number of nitrogens with zero attached hydrogens (tertiary/aromatic N) is 1. The average molecular weight is 456 g/mol. The third-order valence-corrected chi connectivity index (χ3v) is 5.78. The zero-order valence-electron chi connectivity index (χ0n) is 18.0. The van der Waals surface area contributed by atoms with Crippen LogP contribution >= 0.6 is 11.3 Å². The number of amides is 2. The summed E-state index contributed by atoms with van der Waals surface area (Å²) < 4.78 is 6.30. The third-order valence-electron chi connectivity index (χ3n) is 4.92. The van der Waals surface area contributed by atoms with Gasteiger partial charge < -0.3 is 25.0 Å². The van der Waals surface area contributed by atoms with E-state index in [0.717, 1.165) is 16.7 Å². The van der Waals surface area contributed by atoms with Crippen LogP contribution in [0.2, 0.25) is 0 Å². The summed E-state index contributed by atoms with van der Waals surface area (Å²) in [6.07, 6.45) is 1.30. The molecule has 0 fully saturated rings. The van der Waals surface area contributed by atoms with Gasteiger partial charge in [0.25, 0.3) is 5.56 Å². The topological polar surface area (TPSA) is 110 Å². The SMILES string of the molecule is CCOC(=O)C[C@H](NC(=O)Nc1c(O)ccn(C)c1=O)c1cccc(-c2cscc2C)c1. The number of anilines is 1. The highest BCUT2D eigenvalue weighted by Gasteiger charge is 2.21. The van der Waals surface area contributed by atoms with Crippen molar-refractivity contribution in [2.45, 2.75) is 26.3 Å². The third kappa shape index (κ3) is 5.36. The van der Waals surface area contributed by atoms with Gasteiger partial charge in [0, 0.05) is 13.2 Å². The Kier molecular flexibility index (Phi) is 7.32. The van der Waals surface area contributed by atoms with Crippen molar-refractivity contribution in [2.24, 2.45) is 7.05 Å². The summed E-state index contributed by atoms with van der Waals surface area (Å²) in [5.41, 5.74) is 3.08. The standard InChI is InChI=1S/C23H25N3O5S/c1-4-31-20(28)11-18(16-7-5-6-15(10-16)17-13-32-12-14(17)2)24-23(30)25-21-19(27)8-9-26(3)22(21)29/h5-10,12-13,18,27H,4,11H2,1-3H3,(H2,24,25,30)/t18-/m0/s1. The van der Waals surface area contributed by atoms with Crippen LogP contribution in [-0.2, 0) is 16.6 Å². The van der Waals surface area contributed by atoms with E-state index in [1.807, 2.05) is 36.6 Å². The molecule has 0 spiro atoms. The molecule has 0 aliphatic heterocycles. The van der Waals surface area contributed by atoms with Crippen molar-refractivity contribution < 1.29 is 19.4 Å². The van der Waals surface area contributed by atoms with Crippen LogP contribution in [0.4, 0.5) is 10.5 Å². The van der Waals surface area contributed by atoms with Crippen LogP contribution < -0.4 is 16.2 Å². The van der Waals surface area contributed by atoms with Crippen LogP contribution in [0, 0.1) is 6.92 Å². The number of aryl methyl sites for hydroxylation is 2. The fourth-order valence-electron chi connectivity index (χ4n) is 3.26. The van der Waals surface area contributed by atoms with Crippen LogP contribution in [0.25, 0.3) is 11.1 Å². The highest BCUT2D eigenvalue weighted by Crippen LogP contribution is 2.30. The van der Waals surface area contributed by atoms with Crippen molar-refractivity contribution in [3.05, 3.63) is 68.8 Å². The molecule has 9 heteroatoms. The van der Waals surface area contributed by atoms with Crippen molar-refractivity contribution in [3.63, 3.8) is 0 Å². The lowest BCUT2D eigenvalue weighted by Gasteiger charge is -2.20. The zero-order valence-corrected chi connectivity index (χ0v) is 18.9. The lowest BCUT2D eigenvalue weighted by atomic mass is 9.97. The number of ether oxygens (including phenoxy) is 1. The molecule has 0 saturated heterocycles. The van der Waals surface area contributed by atoms with E-state index in [0.29, 0.717) is 5.56 Å². The summed E-state index contributed by atoms with van der Waals surface area (Å²) in [6.45, 7) is 3.95. The number of aromatic hydroxyl groups is 1. The maximum atomic E-state index is 12.7. The van der Waals surface area contributed by atoms with Gasteiger partial charge in [-0.25, -0.2) is 4.79 Å². The molecule has 3 aromatic rings. The fourth-order valence-corrected chi connectivity index (χ4v) is 4.12. The molecule has 2 heterocycles. The Morgan fingerprint density at radius 3 is 2.72 bits per heavy atom. The molecule has 8 nitrogen and oxygen atoms in total. The van der Waals surface area contributed by atoms with Crippen LogP contribution in [0.5, 0.6) is 5.75 Å². The van der Waals surface area contributed by atoms with Crippen LogP contribution in [0.1, 0.15) is 30.5 Å². The molecule has 32 heavy (non-hydrogen) atoms. The number of aromatic nitrogens is 1. The lowest BCUT2D eigenvalue weighted by molar-refractivity contribution is -0.143. The Morgan fingerprint density at radius 1 is 1.25 bits per heavy atom. The van der Waals surface area contributed by atoms with Crippen molar-refractivity contribution >= 4 is 29.0 Å². The predicted octanol–water partition coefficient (Wildman–Crippen LogP) is 3.94. The van der Waals surface area contributed by atoms with Gasteiger partial charge in [-0.1, -0.05) is 18.2 Å². The summed E-state index contributed by atoms with van der Waals surface area (Å²) in [6, 6.07) is 7.42. The summed E-state index contributed by atoms with van der Waals surface area (Å²) >= 11 is 1.60. The number of thiophene rings is 1. The van der Waals surface area contributed by atoms with E-state index in [1.165, 1.54) is 23.9 Å². The first-order chi connectivity index (χ1) is 15.3. The Bertz CT molecular complexity index is 1180. The van der Waals surface area contributed by atoms with Gasteiger partial charge in [0.1, 0.15) is 5.75 Å². The molecule has 0 aliphatic carbocycles. The molecule has 1 aromatic carbocycles. The number of hydrogen-bond donors (Lipinski definition) is 3. The quantitative estimate of drug-likeness (QED) is 0.468. The van der Waals surface area contributed by atoms with Crippen LogP contribution in [0.15, 0.2) is 52.1 Å². The highest BCUT2D eigenvalue weighted by atomic mass is 32.1. The largest absolute Gasteiger partial charge is 0.505 e. The number of rotatable bonds is 7. The minimum atomic E-state index is -0.727. The average Bonchev–Trinajstić information content (AvgIpc) is 3.19. The van der Waals surface area contributed by atoms with E-state index >= 15 is 0 Å². The van der Waals surface area contributed by atoms with E-state index in [9.17, 15) is 19.5 Å². The molecular formula is C23H25N3O5S. The van der Waals surface area contributed by atoms with E-state index in [-0.39, 0.29) is 24.5 Å². The minimum absolute atomic E-state index is 0.0912. The molecule has 0 saturated carbocycles. The second-order valence-electron chi connectivity index (χ2n) is 7.25. The maximum Gasteiger partial charge on any atom is 0.319 e. The number of benzene rings is 1. The first-order valence-corrected chi connectivity index (χ1v) is 11.0. The Balaban J connectivity index is 1.88. The fraction of sp³-hybridized carbons (Fsp3) is 0.261. The van der Waals surface area contributed by atoms with Crippen molar-refractivity contribution in [1.29, 1.82) is 0 Å². The molecule has 0 radical (unpaired) electrons. The normalized spacial score (nSPS) is 11.6. The lowest BCUT2D eigenvalue weighted by Crippen LogP contribution is -2.36. The van der Waals surface area contributed by atoms with Gasteiger partial charge in [0.2, 0.25) is 0 Å². The number of carbonyl (C=O) groups is 2. The first kappa shape index (κ1) is 23.1. The maximum absolute atomic E-state index is 12.7. The van der Waals surface area contributed by atoms with Crippen LogP contribution in [0.3, 0.4) is 0 Å². The summed E-state index contributed by atoms with van der Waals surface area (Å²) in [5.74, 6) is -0.812. The summed E-state index contributed by atoms with van der Waals surface area (Å²) in [4.78, 5) is 37.1. The van der Waals surface area contributed by atoms with Gasteiger partial charge in [0.15, 0.2) is 5.69 Å². The molecule has 3 rings (SSSR count). The van der Waals surface area contributed by atoms with Crippen molar-refractivity contribution in [3.8, 4) is 16.9 Å². The van der Waals surface area contributed by atoms with Gasteiger partial charge in [-0.2, -0.15) is 11.3 Å². The predicted molar refractivity (Wildman–Crippen MR) is 124 cm³/mol. The molecule has 3 N–H and O–H groups in total. The van der Waals surface area contributed by atoms with Gasteiger partial charge in [-0.3, -0.25) is 9.59 Å². The smallest absolute Gasteiger partial charge is 0.319 e. The molecule has 2 amide bonds. The summed E-state index contributed by atoms with van der Waals surface area (Å²) in [7, 11) is 1.51. The Hall–Kier alpha value is -3.59. The molecule has 168 valence electrons. The summed E-state index contributed by atoms with van der Waals surface area (Å²) in [5, 5.41) is 19.2. The molecule has 1 atom stereocenters. The number of hydrogen-bond acceptors (Lipinski definition) is 6. The van der Waals surface area contributed by atoms with Gasteiger partial charge in [-0.05, 0) is 59.0 Å². The molecule has 0 bridgehead atoms. The van der Waals surface area contributed by atoms with E-state index in [4.69, 9.17) is 4.74 Å². The van der Waals surface area contributed by atoms with E-state index < -0.39 is 23.6 Å².